The number of benzene rings is 2. The van der Waals surface area contributed by atoms with Crippen molar-refractivity contribution in [2.24, 2.45) is 0 Å². The number of carbonyl (C=O) groups is 1. The van der Waals surface area contributed by atoms with Gasteiger partial charge >= 0.3 is 0 Å². The SMILES string of the molecule is CC(C)n1cc([C@H]2CC(=O)Nc3cccc4c3c2cn4Cc2ccccc2)cn1. The summed E-state index contributed by atoms with van der Waals surface area (Å²) in [6, 6.07) is 16.9. The molecule has 0 bridgehead atoms. The third-order valence-corrected chi connectivity index (χ3v) is 5.72. The highest BCUT2D eigenvalue weighted by atomic mass is 16.1. The Morgan fingerprint density at radius 2 is 1.93 bits per heavy atom. The lowest BCUT2D eigenvalue weighted by Gasteiger charge is -2.12. The van der Waals surface area contributed by atoms with Crippen LogP contribution in [0.4, 0.5) is 5.69 Å². The van der Waals surface area contributed by atoms with Gasteiger partial charge < -0.3 is 9.88 Å². The maximum Gasteiger partial charge on any atom is 0.225 e. The number of hydrogen-bond acceptors (Lipinski definition) is 2. The van der Waals surface area contributed by atoms with Crippen LogP contribution in [0.15, 0.2) is 67.1 Å². The van der Waals surface area contributed by atoms with Crippen LogP contribution in [-0.2, 0) is 11.3 Å². The van der Waals surface area contributed by atoms with E-state index in [1.807, 2.05) is 29.1 Å². The van der Waals surface area contributed by atoms with E-state index in [4.69, 9.17) is 0 Å². The van der Waals surface area contributed by atoms with Crippen LogP contribution < -0.4 is 5.32 Å². The number of anilines is 1. The van der Waals surface area contributed by atoms with Crippen molar-refractivity contribution in [3.05, 3.63) is 83.8 Å². The number of amides is 1. The van der Waals surface area contributed by atoms with Crippen molar-refractivity contribution in [3.63, 3.8) is 0 Å². The molecule has 1 N–H and O–H groups in total. The summed E-state index contributed by atoms with van der Waals surface area (Å²) in [5.41, 5.74) is 5.57. The van der Waals surface area contributed by atoms with E-state index in [9.17, 15) is 4.79 Å². The zero-order valence-corrected chi connectivity index (χ0v) is 16.7. The van der Waals surface area contributed by atoms with Gasteiger partial charge in [0.1, 0.15) is 0 Å². The van der Waals surface area contributed by atoms with E-state index in [-0.39, 0.29) is 11.8 Å². The second-order valence-corrected chi connectivity index (χ2v) is 8.05. The highest BCUT2D eigenvalue weighted by molar-refractivity contribution is 6.06. The van der Waals surface area contributed by atoms with E-state index in [1.54, 1.807) is 0 Å². The Morgan fingerprint density at radius 3 is 2.69 bits per heavy atom. The minimum Gasteiger partial charge on any atom is -0.343 e. The molecule has 29 heavy (non-hydrogen) atoms. The van der Waals surface area contributed by atoms with Crippen LogP contribution in [0.2, 0.25) is 0 Å². The molecule has 5 nitrogen and oxygen atoms in total. The standard InChI is InChI=1S/C24H24N4O/c1-16(2)28-14-18(12-25-28)19-11-23(29)26-21-9-6-10-22-24(21)20(19)15-27(22)13-17-7-4-3-5-8-17/h3-10,12,14-16,19H,11,13H2,1-2H3,(H,26,29)/t19-/m1/s1. The van der Waals surface area contributed by atoms with Gasteiger partial charge in [0, 0.05) is 42.7 Å². The molecule has 5 rings (SSSR count). The molecule has 0 fully saturated rings. The largest absolute Gasteiger partial charge is 0.343 e. The van der Waals surface area contributed by atoms with Crippen molar-refractivity contribution < 1.29 is 4.79 Å². The third kappa shape index (κ3) is 3.12. The second-order valence-electron chi connectivity index (χ2n) is 8.05. The van der Waals surface area contributed by atoms with Gasteiger partial charge in [-0.05, 0) is 42.7 Å². The highest BCUT2D eigenvalue weighted by Crippen LogP contribution is 2.41. The van der Waals surface area contributed by atoms with Crippen LogP contribution in [0, 0.1) is 0 Å². The van der Waals surface area contributed by atoms with Gasteiger partial charge in [-0.2, -0.15) is 5.10 Å². The summed E-state index contributed by atoms with van der Waals surface area (Å²) in [6.07, 6.45) is 6.63. The maximum absolute atomic E-state index is 12.6. The van der Waals surface area contributed by atoms with Crippen molar-refractivity contribution in [2.75, 3.05) is 5.32 Å². The molecule has 5 heteroatoms. The van der Waals surface area contributed by atoms with Gasteiger partial charge in [-0.1, -0.05) is 36.4 Å². The number of carbonyl (C=O) groups excluding carboxylic acids is 1. The Labute approximate surface area is 170 Å². The predicted molar refractivity (Wildman–Crippen MR) is 115 cm³/mol. The molecule has 0 radical (unpaired) electrons. The first-order valence-corrected chi connectivity index (χ1v) is 10.1. The first kappa shape index (κ1) is 17.7. The fraction of sp³-hybridized carbons (Fsp3) is 0.250. The quantitative estimate of drug-likeness (QED) is 0.542. The Kier molecular flexibility index (Phi) is 4.23. The lowest BCUT2D eigenvalue weighted by atomic mass is 9.91. The summed E-state index contributed by atoms with van der Waals surface area (Å²) in [6.45, 7) is 5.02. The van der Waals surface area contributed by atoms with Crippen molar-refractivity contribution >= 4 is 22.5 Å². The number of aromatic nitrogens is 3. The van der Waals surface area contributed by atoms with Crippen LogP contribution in [0.25, 0.3) is 10.9 Å². The Balaban J connectivity index is 1.67. The van der Waals surface area contributed by atoms with E-state index in [1.165, 1.54) is 11.1 Å². The molecule has 0 aliphatic carbocycles. The summed E-state index contributed by atoms with van der Waals surface area (Å²) in [5.74, 6) is 0.0382. The van der Waals surface area contributed by atoms with Gasteiger partial charge in [-0.25, -0.2) is 0 Å². The smallest absolute Gasteiger partial charge is 0.225 e. The Bertz CT molecular complexity index is 1190. The van der Waals surface area contributed by atoms with Crippen LogP contribution >= 0.6 is 0 Å². The van der Waals surface area contributed by atoms with Gasteiger partial charge in [0.25, 0.3) is 0 Å². The molecule has 1 aliphatic rings. The highest BCUT2D eigenvalue weighted by Gasteiger charge is 2.28. The van der Waals surface area contributed by atoms with Crippen molar-refractivity contribution in [1.29, 1.82) is 0 Å². The summed E-state index contributed by atoms with van der Waals surface area (Å²) in [4.78, 5) is 12.6. The zero-order valence-electron chi connectivity index (χ0n) is 16.7. The zero-order chi connectivity index (χ0) is 20.0. The maximum atomic E-state index is 12.6. The molecule has 0 saturated heterocycles. The van der Waals surface area contributed by atoms with Crippen LogP contribution in [0.3, 0.4) is 0 Å². The first-order chi connectivity index (χ1) is 14.1. The van der Waals surface area contributed by atoms with Gasteiger partial charge in [0.15, 0.2) is 0 Å². The van der Waals surface area contributed by atoms with Crippen molar-refractivity contribution in [2.45, 2.75) is 38.8 Å². The molecule has 1 atom stereocenters. The summed E-state index contributed by atoms with van der Waals surface area (Å²) < 4.78 is 4.25. The normalized spacial score (nSPS) is 16.2. The fourth-order valence-electron chi connectivity index (χ4n) is 4.27. The first-order valence-electron chi connectivity index (χ1n) is 10.1. The molecule has 0 spiro atoms. The minimum absolute atomic E-state index is 0.00864. The number of nitrogens with one attached hydrogen (secondary N) is 1. The van der Waals surface area contributed by atoms with Gasteiger partial charge in [-0.15, -0.1) is 0 Å². The molecule has 2 aromatic carbocycles. The molecule has 2 aromatic heterocycles. The van der Waals surface area contributed by atoms with Crippen LogP contribution in [-0.4, -0.2) is 20.3 Å². The Hall–Kier alpha value is -3.34. The van der Waals surface area contributed by atoms with E-state index < -0.39 is 0 Å². The third-order valence-electron chi connectivity index (χ3n) is 5.72. The van der Waals surface area contributed by atoms with E-state index >= 15 is 0 Å². The monoisotopic (exact) mass is 384 g/mol. The number of hydrogen-bond donors (Lipinski definition) is 1. The number of nitrogens with zero attached hydrogens (tertiary/aromatic N) is 3. The van der Waals surface area contributed by atoms with E-state index in [2.05, 4.69) is 71.6 Å². The minimum atomic E-state index is -0.00864. The van der Waals surface area contributed by atoms with E-state index in [0.717, 1.165) is 28.7 Å². The average molecular weight is 384 g/mol. The molecule has 1 amide bonds. The average Bonchev–Trinajstić information content (AvgIpc) is 3.30. The fourth-order valence-corrected chi connectivity index (χ4v) is 4.27. The molecule has 1 aliphatic heterocycles. The second kappa shape index (κ2) is 6.92. The van der Waals surface area contributed by atoms with Gasteiger partial charge in [-0.3, -0.25) is 9.48 Å². The van der Waals surface area contributed by atoms with Crippen LogP contribution in [0.1, 0.15) is 48.9 Å². The van der Waals surface area contributed by atoms with Gasteiger partial charge in [0.05, 0.1) is 17.4 Å². The topological polar surface area (TPSA) is 51.9 Å². The molecular formula is C24H24N4O. The lowest BCUT2D eigenvalue weighted by Crippen LogP contribution is -2.13. The van der Waals surface area contributed by atoms with Crippen molar-refractivity contribution in [1.82, 2.24) is 14.3 Å². The summed E-state index contributed by atoms with van der Waals surface area (Å²) in [5, 5.41) is 8.77. The molecular weight excluding hydrogens is 360 g/mol. The lowest BCUT2D eigenvalue weighted by molar-refractivity contribution is -0.116. The van der Waals surface area contributed by atoms with Crippen molar-refractivity contribution in [3.8, 4) is 0 Å². The van der Waals surface area contributed by atoms with E-state index in [0.29, 0.717) is 12.5 Å². The molecule has 0 unspecified atom stereocenters. The molecule has 3 heterocycles. The summed E-state index contributed by atoms with van der Waals surface area (Å²) >= 11 is 0. The molecule has 4 aromatic rings. The molecule has 0 saturated carbocycles. The number of rotatable bonds is 4. The summed E-state index contributed by atoms with van der Waals surface area (Å²) in [7, 11) is 0. The molecule has 146 valence electrons. The van der Waals surface area contributed by atoms with Gasteiger partial charge in [0.2, 0.25) is 5.91 Å². The van der Waals surface area contributed by atoms with Crippen LogP contribution in [0.5, 0.6) is 0 Å². The Morgan fingerprint density at radius 1 is 1.10 bits per heavy atom. The predicted octanol–water partition coefficient (Wildman–Crippen LogP) is 4.94.